The van der Waals surface area contributed by atoms with Gasteiger partial charge in [-0.05, 0) is 25.0 Å². The highest BCUT2D eigenvalue weighted by Crippen LogP contribution is 2.11. The Labute approximate surface area is 141 Å². The summed E-state index contributed by atoms with van der Waals surface area (Å²) >= 11 is 0. The van der Waals surface area contributed by atoms with Crippen LogP contribution in [0.25, 0.3) is 0 Å². The standard InChI is InChI=1S/C14H19N3O5S2/c1-11-5-3-4-6-13(11)10-24(20,21)15-7-8-23(18,19)17-14-9-12(2)22-16-14/h3-6,9,15H,7-8,10H2,1-2H3,(H,16,17). The zero-order valence-corrected chi connectivity index (χ0v) is 14.9. The Morgan fingerprint density at radius 1 is 1.08 bits per heavy atom. The van der Waals surface area contributed by atoms with E-state index in [0.29, 0.717) is 11.3 Å². The highest BCUT2D eigenvalue weighted by Gasteiger charge is 2.17. The van der Waals surface area contributed by atoms with Gasteiger partial charge in [0, 0.05) is 12.6 Å². The highest BCUT2D eigenvalue weighted by molar-refractivity contribution is 7.92. The Hall–Kier alpha value is -1.91. The van der Waals surface area contributed by atoms with Crippen molar-refractivity contribution in [3.8, 4) is 0 Å². The topological polar surface area (TPSA) is 118 Å². The van der Waals surface area contributed by atoms with Gasteiger partial charge in [0.2, 0.25) is 20.0 Å². The van der Waals surface area contributed by atoms with Crippen LogP contribution in [0, 0.1) is 13.8 Å². The van der Waals surface area contributed by atoms with Gasteiger partial charge >= 0.3 is 0 Å². The van der Waals surface area contributed by atoms with Crippen LogP contribution in [0.15, 0.2) is 34.9 Å². The van der Waals surface area contributed by atoms with Gasteiger partial charge in [0.1, 0.15) is 5.76 Å². The second-order valence-electron chi connectivity index (χ2n) is 5.32. The molecule has 1 aromatic heterocycles. The molecule has 0 fully saturated rings. The molecule has 132 valence electrons. The summed E-state index contributed by atoms with van der Waals surface area (Å²) in [5, 5.41) is 3.52. The van der Waals surface area contributed by atoms with E-state index in [0.717, 1.165) is 5.56 Å². The first kappa shape index (κ1) is 18.4. The molecule has 0 radical (unpaired) electrons. The molecule has 8 nitrogen and oxygen atoms in total. The molecule has 10 heteroatoms. The van der Waals surface area contributed by atoms with Gasteiger partial charge in [0.15, 0.2) is 5.82 Å². The lowest BCUT2D eigenvalue weighted by Gasteiger charge is -2.09. The largest absolute Gasteiger partial charge is 0.360 e. The van der Waals surface area contributed by atoms with Crippen molar-refractivity contribution in [3.05, 3.63) is 47.2 Å². The number of nitrogens with one attached hydrogen (secondary N) is 2. The first-order chi connectivity index (χ1) is 11.2. The smallest absolute Gasteiger partial charge is 0.235 e. The highest BCUT2D eigenvalue weighted by atomic mass is 32.2. The van der Waals surface area contributed by atoms with Gasteiger partial charge in [0.05, 0.1) is 11.5 Å². The van der Waals surface area contributed by atoms with Gasteiger partial charge in [-0.15, -0.1) is 0 Å². The monoisotopic (exact) mass is 373 g/mol. The molecule has 0 bridgehead atoms. The summed E-state index contributed by atoms with van der Waals surface area (Å²) in [6.07, 6.45) is 0. The molecule has 0 aliphatic rings. The Balaban J connectivity index is 1.89. The summed E-state index contributed by atoms with van der Waals surface area (Å²) in [5.74, 6) is -0.0800. The van der Waals surface area contributed by atoms with Crippen LogP contribution in [0.3, 0.4) is 0 Å². The minimum Gasteiger partial charge on any atom is -0.360 e. The molecule has 2 N–H and O–H groups in total. The summed E-state index contributed by atoms with van der Waals surface area (Å²) in [6, 6.07) is 8.55. The zero-order chi connectivity index (χ0) is 17.8. The van der Waals surface area contributed by atoms with Crippen molar-refractivity contribution in [1.82, 2.24) is 9.88 Å². The van der Waals surface area contributed by atoms with E-state index in [9.17, 15) is 16.8 Å². The third-order valence-corrected chi connectivity index (χ3v) is 5.78. The predicted octanol–water partition coefficient (Wildman–Crippen LogP) is 1.15. The number of nitrogens with zero attached hydrogens (tertiary/aromatic N) is 1. The number of sulfonamides is 2. The molecule has 2 rings (SSSR count). The number of rotatable bonds is 8. The summed E-state index contributed by atoms with van der Waals surface area (Å²) in [7, 11) is -7.35. The van der Waals surface area contributed by atoms with E-state index in [2.05, 4.69) is 14.6 Å². The quantitative estimate of drug-likeness (QED) is 0.717. The molecule has 0 aliphatic carbocycles. The van der Waals surface area contributed by atoms with Crippen LogP contribution in [-0.4, -0.2) is 34.3 Å². The normalized spacial score (nSPS) is 12.2. The van der Waals surface area contributed by atoms with Crippen LogP contribution in [-0.2, 0) is 25.8 Å². The van der Waals surface area contributed by atoms with Gasteiger partial charge in [-0.2, -0.15) is 0 Å². The fraction of sp³-hybridized carbons (Fsp3) is 0.357. The van der Waals surface area contributed by atoms with E-state index in [4.69, 9.17) is 4.52 Å². The van der Waals surface area contributed by atoms with Gasteiger partial charge in [-0.1, -0.05) is 29.4 Å². The molecule has 0 saturated carbocycles. The second kappa shape index (κ2) is 7.32. The first-order valence-corrected chi connectivity index (χ1v) is 10.4. The number of hydrogen-bond acceptors (Lipinski definition) is 6. The maximum atomic E-state index is 12.0. The van der Waals surface area contributed by atoms with Gasteiger partial charge in [0.25, 0.3) is 0 Å². The van der Waals surface area contributed by atoms with E-state index in [-0.39, 0.29) is 18.1 Å². The van der Waals surface area contributed by atoms with E-state index in [1.165, 1.54) is 6.07 Å². The van der Waals surface area contributed by atoms with Crippen molar-refractivity contribution in [2.75, 3.05) is 17.0 Å². The molecule has 1 heterocycles. The Bertz CT molecular complexity index is 904. The molecular weight excluding hydrogens is 354 g/mol. The van der Waals surface area contributed by atoms with Crippen LogP contribution in [0.5, 0.6) is 0 Å². The van der Waals surface area contributed by atoms with Gasteiger partial charge in [-0.25, -0.2) is 21.6 Å². The Morgan fingerprint density at radius 3 is 2.42 bits per heavy atom. The molecule has 0 spiro atoms. The molecule has 2 aromatic rings. The number of aromatic nitrogens is 1. The maximum absolute atomic E-state index is 12.0. The number of benzene rings is 1. The van der Waals surface area contributed by atoms with Crippen LogP contribution in [0.1, 0.15) is 16.9 Å². The van der Waals surface area contributed by atoms with Gasteiger partial charge in [-0.3, -0.25) is 4.72 Å². The fourth-order valence-electron chi connectivity index (χ4n) is 1.98. The molecule has 0 saturated heterocycles. The Kier molecular flexibility index (Phi) is 5.62. The molecular formula is C14H19N3O5S2. The molecule has 0 aliphatic heterocycles. The number of aryl methyl sites for hydroxylation is 2. The van der Waals surface area contributed by atoms with Crippen molar-refractivity contribution >= 4 is 25.9 Å². The average molecular weight is 373 g/mol. The van der Waals surface area contributed by atoms with Crippen molar-refractivity contribution < 1.29 is 21.4 Å². The van der Waals surface area contributed by atoms with Gasteiger partial charge < -0.3 is 4.52 Å². The van der Waals surface area contributed by atoms with E-state index < -0.39 is 25.8 Å². The lowest BCUT2D eigenvalue weighted by atomic mass is 10.1. The van der Waals surface area contributed by atoms with Crippen molar-refractivity contribution in [2.45, 2.75) is 19.6 Å². The lowest BCUT2D eigenvalue weighted by Crippen LogP contribution is -2.32. The number of hydrogen-bond donors (Lipinski definition) is 2. The van der Waals surface area contributed by atoms with Crippen LogP contribution in [0.4, 0.5) is 5.82 Å². The lowest BCUT2D eigenvalue weighted by molar-refractivity contribution is 0.400. The molecule has 24 heavy (non-hydrogen) atoms. The van der Waals surface area contributed by atoms with E-state index in [1.807, 2.05) is 19.1 Å². The third kappa shape index (κ3) is 5.62. The molecule has 0 atom stereocenters. The summed E-state index contributed by atoms with van der Waals surface area (Å²) in [5.41, 5.74) is 1.53. The third-order valence-electron chi connectivity index (χ3n) is 3.19. The van der Waals surface area contributed by atoms with Crippen LogP contribution < -0.4 is 9.44 Å². The molecule has 1 aromatic carbocycles. The number of anilines is 1. The molecule has 0 amide bonds. The van der Waals surface area contributed by atoms with E-state index >= 15 is 0 Å². The van der Waals surface area contributed by atoms with Crippen LogP contribution in [0.2, 0.25) is 0 Å². The Morgan fingerprint density at radius 2 is 1.79 bits per heavy atom. The summed E-state index contributed by atoms with van der Waals surface area (Å²) < 4.78 is 57.1. The second-order valence-corrected chi connectivity index (χ2v) is 8.97. The first-order valence-electron chi connectivity index (χ1n) is 7.12. The summed E-state index contributed by atoms with van der Waals surface area (Å²) in [6.45, 7) is 3.21. The van der Waals surface area contributed by atoms with Crippen molar-refractivity contribution in [1.29, 1.82) is 0 Å². The SMILES string of the molecule is Cc1cc(NS(=O)(=O)CCNS(=O)(=O)Cc2ccccc2C)no1. The zero-order valence-electron chi connectivity index (χ0n) is 13.3. The fourth-order valence-corrected chi connectivity index (χ4v) is 4.25. The van der Waals surface area contributed by atoms with Crippen molar-refractivity contribution in [3.63, 3.8) is 0 Å². The minimum atomic E-state index is -3.72. The van der Waals surface area contributed by atoms with Crippen LogP contribution >= 0.6 is 0 Å². The maximum Gasteiger partial charge on any atom is 0.235 e. The average Bonchev–Trinajstić information content (AvgIpc) is 2.85. The minimum absolute atomic E-state index is 0.0651. The summed E-state index contributed by atoms with van der Waals surface area (Å²) in [4.78, 5) is 0. The van der Waals surface area contributed by atoms with E-state index in [1.54, 1.807) is 19.1 Å². The molecule has 0 unspecified atom stereocenters. The predicted molar refractivity (Wildman–Crippen MR) is 90.5 cm³/mol. The van der Waals surface area contributed by atoms with Crippen molar-refractivity contribution in [2.24, 2.45) is 0 Å².